The molecule has 3 nitrogen and oxygen atoms in total. The van der Waals surface area contributed by atoms with Gasteiger partial charge in [-0.05, 0) is 18.9 Å². The van der Waals surface area contributed by atoms with Crippen LogP contribution in [0.15, 0.2) is 18.2 Å². The molecule has 2 rings (SSSR count). The maximum atomic E-state index is 5.88. The Bertz CT molecular complexity index is 443. The number of aromatic amines is 1. The lowest BCUT2D eigenvalue weighted by Gasteiger charge is -2.05. The van der Waals surface area contributed by atoms with Gasteiger partial charge in [0.25, 0.3) is 0 Å². The molecular formula is C11H15N3. The van der Waals surface area contributed by atoms with Gasteiger partial charge in [-0.2, -0.15) is 5.10 Å². The Morgan fingerprint density at radius 2 is 2.29 bits per heavy atom. The normalized spacial score (nSPS) is 13.4. The highest BCUT2D eigenvalue weighted by atomic mass is 15.1. The van der Waals surface area contributed by atoms with Crippen molar-refractivity contribution in [1.82, 2.24) is 10.2 Å². The molecule has 0 aliphatic carbocycles. The summed E-state index contributed by atoms with van der Waals surface area (Å²) in [4.78, 5) is 0. The van der Waals surface area contributed by atoms with E-state index in [2.05, 4.69) is 23.2 Å². The van der Waals surface area contributed by atoms with Gasteiger partial charge in [-0.3, -0.25) is 5.10 Å². The molecule has 2 aromatic rings. The van der Waals surface area contributed by atoms with Gasteiger partial charge < -0.3 is 5.73 Å². The van der Waals surface area contributed by atoms with E-state index in [0.29, 0.717) is 0 Å². The number of aryl methyl sites for hydroxylation is 1. The summed E-state index contributed by atoms with van der Waals surface area (Å²) >= 11 is 0. The highest BCUT2D eigenvalue weighted by molar-refractivity contribution is 5.84. The van der Waals surface area contributed by atoms with Crippen LogP contribution < -0.4 is 5.73 Å². The van der Waals surface area contributed by atoms with Crippen LogP contribution in [0.2, 0.25) is 0 Å². The minimum atomic E-state index is 0.0340. The third-order valence-electron chi connectivity index (χ3n) is 2.54. The number of H-pyrrole nitrogens is 1. The monoisotopic (exact) mass is 189 g/mol. The molecule has 0 fully saturated rings. The average molecular weight is 189 g/mol. The maximum Gasteiger partial charge on any atom is 0.0971 e. The standard InChI is InChI=1S/C11H15N3/c1-3-10-9-6-4-5-8(7(2)12)11(9)14-13-10/h4-7H,3,12H2,1-2H3,(H,13,14). The van der Waals surface area contributed by atoms with Crippen LogP contribution in [0.5, 0.6) is 0 Å². The van der Waals surface area contributed by atoms with Gasteiger partial charge in [0.1, 0.15) is 0 Å². The van der Waals surface area contributed by atoms with Gasteiger partial charge in [0.05, 0.1) is 5.52 Å². The van der Waals surface area contributed by atoms with E-state index < -0.39 is 0 Å². The minimum absolute atomic E-state index is 0.0340. The fourth-order valence-corrected chi connectivity index (χ4v) is 1.75. The van der Waals surface area contributed by atoms with Crippen LogP contribution in [0.4, 0.5) is 0 Å². The lowest BCUT2D eigenvalue weighted by atomic mass is 10.0. The second-order valence-electron chi connectivity index (χ2n) is 3.59. The predicted octanol–water partition coefficient (Wildman–Crippen LogP) is 2.15. The third-order valence-corrected chi connectivity index (χ3v) is 2.54. The van der Waals surface area contributed by atoms with Gasteiger partial charge in [0.2, 0.25) is 0 Å². The zero-order valence-electron chi connectivity index (χ0n) is 8.54. The highest BCUT2D eigenvalue weighted by Crippen LogP contribution is 2.23. The number of rotatable bonds is 2. The molecule has 3 heteroatoms. The number of aromatic nitrogens is 2. The topological polar surface area (TPSA) is 54.7 Å². The van der Waals surface area contributed by atoms with E-state index in [-0.39, 0.29) is 6.04 Å². The Morgan fingerprint density at radius 1 is 1.50 bits per heavy atom. The first-order valence-corrected chi connectivity index (χ1v) is 4.95. The molecule has 0 bridgehead atoms. The molecule has 1 unspecified atom stereocenters. The van der Waals surface area contributed by atoms with Crippen LogP contribution in [0, 0.1) is 0 Å². The second-order valence-corrected chi connectivity index (χ2v) is 3.59. The summed E-state index contributed by atoms with van der Waals surface area (Å²) in [6.45, 7) is 4.10. The summed E-state index contributed by atoms with van der Waals surface area (Å²) in [5.74, 6) is 0. The van der Waals surface area contributed by atoms with Crippen molar-refractivity contribution in [2.24, 2.45) is 5.73 Å². The van der Waals surface area contributed by atoms with Crippen LogP contribution in [0.3, 0.4) is 0 Å². The lowest BCUT2D eigenvalue weighted by molar-refractivity contribution is 0.822. The molecule has 74 valence electrons. The van der Waals surface area contributed by atoms with Crippen molar-refractivity contribution >= 4 is 10.9 Å². The molecule has 0 amide bonds. The van der Waals surface area contributed by atoms with Crippen molar-refractivity contribution < 1.29 is 0 Å². The van der Waals surface area contributed by atoms with E-state index in [9.17, 15) is 0 Å². The Hall–Kier alpha value is -1.35. The van der Waals surface area contributed by atoms with E-state index in [0.717, 1.165) is 17.5 Å². The molecule has 0 spiro atoms. The molecule has 1 heterocycles. The van der Waals surface area contributed by atoms with Crippen molar-refractivity contribution in [3.05, 3.63) is 29.5 Å². The second kappa shape index (κ2) is 3.42. The molecule has 1 aromatic heterocycles. The largest absolute Gasteiger partial charge is 0.324 e. The van der Waals surface area contributed by atoms with Crippen molar-refractivity contribution in [3.63, 3.8) is 0 Å². The van der Waals surface area contributed by atoms with Gasteiger partial charge in [0.15, 0.2) is 0 Å². The molecule has 3 N–H and O–H groups in total. The molecule has 0 aliphatic rings. The zero-order chi connectivity index (χ0) is 10.1. The summed E-state index contributed by atoms with van der Waals surface area (Å²) in [5.41, 5.74) is 9.18. The van der Waals surface area contributed by atoms with Crippen LogP contribution in [0.1, 0.15) is 31.1 Å². The van der Waals surface area contributed by atoms with Crippen molar-refractivity contribution in [2.45, 2.75) is 26.3 Å². The van der Waals surface area contributed by atoms with Crippen LogP contribution in [0.25, 0.3) is 10.9 Å². The summed E-state index contributed by atoms with van der Waals surface area (Å²) in [7, 11) is 0. The molecule has 0 saturated carbocycles. The summed E-state index contributed by atoms with van der Waals surface area (Å²) < 4.78 is 0. The molecular weight excluding hydrogens is 174 g/mol. The first kappa shape index (κ1) is 9.21. The maximum absolute atomic E-state index is 5.88. The smallest absolute Gasteiger partial charge is 0.0971 e. The Kier molecular flexibility index (Phi) is 2.25. The fourth-order valence-electron chi connectivity index (χ4n) is 1.75. The van der Waals surface area contributed by atoms with Crippen LogP contribution >= 0.6 is 0 Å². The van der Waals surface area contributed by atoms with Gasteiger partial charge in [0, 0.05) is 17.1 Å². The third kappa shape index (κ3) is 1.30. The van der Waals surface area contributed by atoms with Gasteiger partial charge in [-0.15, -0.1) is 0 Å². The van der Waals surface area contributed by atoms with E-state index >= 15 is 0 Å². The first-order chi connectivity index (χ1) is 6.74. The molecule has 0 radical (unpaired) electrons. The number of nitrogens with zero attached hydrogens (tertiary/aromatic N) is 1. The molecule has 14 heavy (non-hydrogen) atoms. The van der Waals surface area contributed by atoms with E-state index in [1.165, 1.54) is 11.1 Å². The highest BCUT2D eigenvalue weighted by Gasteiger charge is 2.09. The molecule has 1 atom stereocenters. The van der Waals surface area contributed by atoms with E-state index in [1.807, 2.05) is 19.1 Å². The van der Waals surface area contributed by atoms with Crippen molar-refractivity contribution in [3.8, 4) is 0 Å². The summed E-state index contributed by atoms with van der Waals surface area (Å²) in [6.07, 6.45) is 0.971. The fraction of sp³-hybridized carbons (Fsp3) is 0.364. The number of hydrogen-bond acceptors (Lipinski definition) is 2. The van der Waals surface area contributed by atoms with Gasteiger partial charge in [-0.25, -0.2) is 0 Å². The lowest BCUT2D eigenvalue weighted by Crippen LogP contribution is -2.05. The average Bonchev–Trinajstić information content (AvgIpc) is 2.59. The number of fused-ring (bicyclic) bond motifs is 1. The van der Waals surface area contributed by atoms with Crippen molar-refractivity contribution in [1.29, 1.82) is 0 Å². The molecule has 0 aliphatic heterocycles. The number of hydrogen-bond donors (Lipinski definition) is 2. The van der Waals surface area contributed by atoms with Gasteiger partial charge in [-0.1, -0.05) is 25.1 Å². The zero-order valence-corrected chi connectivity index (χ0v) is 8.54. The minimum Gasteiger partial charge on any atom is -0.324 e. The van der Waals surface area contributed by atoms with Gasteiger partial charge >= 0.3 is 0 Å². The number of benzene rings is 1. The SMILES string of the molecule is CCc1[nH]nc2c(C(C)N)cccc12. The van der Waals surface area contributed by atoms with Crippen molar-refractivity contribution in [2.75, 3.05) is 0 Å². The number of nitrogens with two attached hydrogens (primary N) is 1. The first-order valence-electron chi connectivity index (χ1n) is 4.95. The van der Waals surface area contributed by atoms with Crippen LogP contribution in [-0.4, -0.2) is 10.2 Å². The predicted molar refractivity (Wildman–Crippen MR) is 58.1 cm³/mol. The van der Waals surface area contributed by atoms with E-state index in [4.69, 9.17) is 5.73 Å². The number of nitrogens with one attached hydrogen (secondary N) is 1. The Balaban J connectivity index is 2.70. The summed E-state index contributed by atoms with van der Waals surface area (Å²) in [6, 6.07) is 6.19. The van der Waals surface area contributed by atoms with E-state index in [1.54, 1.807) is 0 Å². The van der Waals surface area contributed by atoms with Crippen LogP contribution in [-0.2, 0) is 6.42 Å². The molecule has 0 saturated heterocycles. The Morgan fingerprint density at radius 3 is 2.93 bits per heavy atom. The Labute approximate surface area is 83.3 Å². The number of para-hydroxylation sites is 1. The summed E-state index contributed by atoms with van der Waals surface area (Å²) in [5, 5.41) is 8.56. The quantitative estimate of drug-likeness (QED) is 0.760. The molecule has 1 aromatic carbocycles.